The lowest BCUT2D eigenvalue weighted by molar-refractivity contribution is 0.113. The highest BCUT2D eigenvalue weighted by molar-refractivity contribution is 4.78. The van der Waals surface area contributed by atoms with Crippen LogP contribution in [-0.4, -0.2) is 35.7 Å². The van der Waals surface area contributed by atoms with Gasteiger partial charge in [-0.1, -0.05) is 13.8 Å². The number of nitrogens with zero attached hydrogens (tertiary/aromatic N) is 1. The molecule has 0 aromatic carbocycles. The number of aliphatic hydroxyl groups is 1. The quantitative estimate of drug-likeness (QED) is 0.684. The van der Waals surface area contributed by atoms with Crippen LogP contribution >= 0.6 is 0 Å². The zero-order valence-electron chi connectivity index (χ0n) is 10.5. The van der Waals surface area contributed by atoms with Crippen LogP contribution < -0.4 is 0 Å². The molecule has 0 saturated heterocycles. The van der Waals surface area contributed by atoms with Gasteiger partial charge in [-0.2, -0.15) is 0 Å². The van der Waals surface area contributed by atoms with Crippen molar-refractivity contribution in [3.8, 4) is 0 Å². The molecule has 0 atom stereocenters. The average molecular weight is 201 g/mol. The highest BCUT2D eigenvalue weighted by Gasteiger charge is 2.21. The van der Waals surface area contributed by atoms with Crippen LogP contribution in [0.25, 0.3) is 0 Å². The highest BCUT2D eigenvalue weighted by atomic mass is 16.3. The van der Waals surface area contributed by atoms with Crippen molar-refractivity contribution < 1.29 is 5.11 Å². The number of hydrogen-bond donors (Lipinski definition) is 1. The first-order chi connectivity index (χ1) is 6.40. The molecule has 0 bridgehead atoms. The summed E-state index contributed by atoms with van der Waals surface area (Å²) < 4.78 is 0. The largest absolute Gasteiger partial charge is 0.396 e. The van der Waals surface area contributed by atoms with E-state index in [1.165, 1.54) is 12.8 Å². The average Bonchev–Trinajstić information content (AvgIpc) is 2.03. The molecule has 2 heteroatoms. The minimum atomic E-state index is 0.131. The standard InChI is InChI=1S/C12H27NO/c1-11(2)7-6-9-13(5)12(3,4)8-10-14/h11,14H,6-10H2,1-5H3. The Morgan fingerprint density at radius 1 is 1.29 bits per heavy atom. The van der Waals surface area contributed by atoms with Gasteiger partial charge in [0, 0.05) is 12.1 Å². The van der Waals surface area contributed by atoms with Crippen molar-refractivity contribution in [1.29, 1.82) is 0 Å². The minimum absolute atomic E-state index is 0.131. The monoisotopic (exact) mass is 201 g/mol. The predicted molar refractivity (Wildman–Crippen MR) is 62.5 cm³/mol. The zero-order chi connectivity index (χ0) is 11.2. The molecule has 0 aliphatic rings. The summed E-state index contributed by atoms with van der Waals surface area (Å²) in [5.41, 5.74) is 0.131. The van der Waals surface area contributed by atoms with Crippen LogP contribution in [0.1, 0.15) is 47.0 Å². The molecule has 0 aliphatic carbocycles. The molecule has 0 aliphatic heterocycles. The first-order valence-corrected chi connectivity index (χ1v) is 5.72. The van der Waals surface area contributed by atoms with E-state index in [9.17, 15) is 0 Å². The van der Waals surface area contributed by atoms with Gasteiger partial charge in [0.15, 0.2) is 0 Å². The molecular formula is C12H27NO. The first kappa shape index (κ1) is 13.9. The summed E-state index contributed by atoms with van der Waals surface area (Å²) in [5, 5.41) is 8.94. The van der Waals surface area contributed by atoms with Gasteiger partial charge in [0.1, 0.15) is 0 Å². The summed E-state index contributed by atoms with van der Waals surface area (Å²) in [6.07, 6.45) is 3.40. The maximum absolute atomic E-state index is 8.94. The maximum Gasteiger partial charge on any atom is 0.0448 e. The first-order valence-electron chi connectivity index (χ1n) is 5.72. The molecule has 14 heavy (non-hydrogen) atoms. The van der Waals surface area contributed by atoms with Crippen molar-refractivity contribution in [2.45, 2.75) is 52.5 Å². The number of aliphatic hydroxyl groups excluding tert-OH is 1. The van der Waals surface area contributed by atoms with Crippen molar-refractivity contribution in [3.63, 3.8) is 0 Å². The Labute approximate surface area is 89.3 Å². The van der Waals surface area contributed by atoms with Gasteiger partial charge < -0.3 is 10.0 Å². The summed E-state index contributed by atoms with van der Waals surface area (Å²) in [6.45, 7) is 10.3. The van der Waals surface area contributed by atoms with E-state index in [4.69, 9.17) is 5.11 Å². The highest BCUT2D eigenvalue weighted by Crippen LogP contribution is 2.17. The Morgan fingerprint density at radius 2 is 1.86 bits per heavy atom. The van der Waals surface area contributed by atoms with E-state index in [2.05, 4.69) is 39.6 Å². The van der Waals surface area contributed by atoms with Gasteiger partial charge in [-0.05, 0) is 52.6 Å². The van der Waals surface area contributed by atoms with Gasteiger partial charge in [-0.25, -0.2) is 0 Å². The molecule has 0 fully saturated rings. The molecule has 0 aromatic rings. The molecule has 86 valence electrons. The van der Waals surface area contributed by atoms with Gasteiger partial charge in [0.05, 0.1) is 0 Å². The normalized spacial score (nSPS) is 12.9. The second kappa shape index (κ2) is 6.41. The summed E-state index contributed by atoms with van der Waals surface area (Å²) in [5.74, 6) is 0.796. The van der Waals surface area contributed by atoms with Crippen molar-refractivity contribution in [1.82, 2.24) is 4.90 Å². The molecule has 0 spiro atoms. The lowest BCUT2D eigenvalue weighted by atomic mass is 9.98. The van der Waals surface area contributed by atoms with Gasteiger partial charge >= 0.3 is 0 Å². The van der Waals surface area contributed by atoms with Crippen LogP contribution in [0.3, 0.4) is 0 Å². The smallest absolute Gasteiger partial charge is 0.0448 e. The lowest BCUT2D eigenvalue weighted by Gasteiger charge is -2.35. The summed E-state index contributed by atoms with van der Waals surface area (Å²) in [7, 11) is 2.15. The third-order valence-electron chi connectivity index (χ3n) is 3.03. The molecule has 1 N–H and O–H groups in total. The zero-order valence-corrected chi connectivity index (χ0v) is 10.5. The Hall–Kier alpha value is -0.0800. The Balaban J connectivity index is 3.76. The third kappa shape index (κ3) is 5.61. The minimum Gasteiger partial charge on any atom is -0.396 e. The van der Waals surface area contributed by atoms with E-state index in [0.29, 0.717) is 0 Å². The van der Waals surface area contributed by atoms with E-state index in [1.54, 1.807) is 0 Å². The van der Waals surface area contributed by atoms with Crippen LogP contribution in [0.4, 0.5) is 0 Å². The van der Waals surface area contributed by atoms with E-state index < -0.39 is 0 Å². The van der Waals surface area contributed by atoms with E-state index in [-0.39, 0.29) is 12.1 Å². The predicted octanol–water partition coefficient (Wildman–Crippen LogP) is 2.52. The van der Waals surface area contributed by atoms with Crippen molar-refractivity contribution in [2.75, 3.05) is 20.2 Å². The molecule has 0 radical (unpaired) electrons. The fourth-order valence-corrected chi connectivity index (χ4v) is 1.50. The molecular weight excluding hydrogens is 174 g/mol. The van der Waals surface area contributed by atoms with Gasteiger partial charge in [0.25, 0.3) is 0 Å². The molecule has 0 unspecified atom stereocenters. The summed E-state index contributed by atoms with van der Waals surface area (Å²) in [6, 6.07) is 0. The van der Waals surface area contributed by atoms with Crippen LogP contribution in [0, 0.1) is 5.92 Å². The van der Waals surface area contributed by atoms with Crippen molar-refractivity contribution in [3.05, 3.63) is 0 Å². The Kier molecular flexibility index (Phi) is 6.38. The van der Waals surface area contributed by atoms with Gasteiger partial charge in [-0.3, -0.25) is 0 Å². The molecule has 2 nitrogen and oxygen atoms in total. The number of rotatable bonds is 7. The van der Waals surface area contributed by atoms with Crippen LogP contribution in [-0.2, 0) is 0 Å². The third-order valence-corrected chi connectivity index (χ3v) is 3.03. The molecule has 0 heterocycles. The van der Waals surface area contributed by atoms with Gasteiger partial charge in [-0.15, -0.1) is 0 Å². The Morgan fingerprint density at radius 3 is 2.29 bits per heavy atom. The summed E-state index contributed by atoms with van der Waals surface area (Å²) in [4.78, 5) is 2.35. The van der Waals surface area contributed by atoms with Crippen LogP contribution in [0.15, 0.2) is 0 Å². The lowest BCUT2D eigenvalue weighted by Crippen LogP contribution is -2.42. The topological polar surface area (TPSA) is 23.5 Å². The second-order valence-corrected chi connectivity index (χ2v) is 5.24. The van der Waals surface area contributed by atoms with E-state index >= 15 is 0 Å². The fourth-order valence-electron chi connectivity index (χ4n) is 1.50. The Bertz CT molecular complexity index is 143. The molecule has 0 rings (SSSR count). The second-order valence-electron chi connectivity index (χ2n) is 5.24. The van der Waals surface area contributed by atoms with Crippen molar-refractivity contribution in [2.24, 2.45) is 5.92 Å². The molecule has 0 aromatic heterocycles. The number of hydrogen-bond acceptors (Lipinski definition) is 2. The molecule has 0 saturated carbocycles. The van der Waals surface area contributed by atoms with Crippen LogP contribution in [0.2, 0.25) is 0 Å². The SMILES string of the molecule is CC(C)CCCN(C)C(C)(C)CCO. The maximum atomic E-state index is 8.94. The van der Waals surface area contributed by atoms with E-state index in [1.807, 2.05) is 0 Å². The van der Waals surface area contributed by atoms with Crippen molar-refractivity contribution >= 4 is 0 Å². The fraction of sp³-hybridized carbons (Fsp3) is 1.00. The summed E-state index contributed by atoms with van der Waals surface area (Å²) >= 11 is 0. The molecule has 0 amide bonds. The van der Waals surface area contributed by atoms with Crippen LogP contribution in [0.5, 0.6) is 0 Å². The van der Waals surface area contributed by atoms with Gasteiger partial charge in [0.2, 0.25) is 0 Å². The van der Waals surface area contributed by atoms with E-state index in [0.717, 1.165) is 18.9 Å².